The number of carbonyl (C=O) groups excluding carboxylic acids is 3. The number of rotatable bonds is 11. The van der Waals surface area contributed by atoms with Gasteiger partial charge in [0.25, 0.3) is 5.91 Å². The van der Waals surface area contributed by atoms with E-state index in [0.717, 1.165) is 6.42 Å². The Balaban J connectivity index is 1.82. The quantitative estimate of drug-likeness (QED) is 0.307. The number of hydrogen-bond acceptors (Lipinski definition) is 5. The minimum Gasteiger partial charge on any atom is -0.394 e. The van der Waals surface area contributed by atoms with E-state index in [2.05, 4.69) is 29.1 Å². The molecule has 0 radical (unpaired) electrons. The van der Waals surface area contributed by atoms with Crippen LogP contribution in [-0.2, 0) is 19.1 Å². The second-order valence-electron chi connectivity index (χ2n) is 10.2. The van der Waals surface area contributed by atoms with Gasteiger partial charge in [-0.15, -0.1) is 13.2 Å². The molecule has 3 amide bonds. The number of alkyl halides is 1. The number of nitrogens with zero attached hydrogens (tertiary/aromatic N) is 3. The molecule has 1 N–H and O–H groups in total. The van der Waals surface area contributed by atoms with Crippen LogP contribution in [0.4, 0.5) is 5.69 Å². The van der Waals surface area contributed by atoms with Gasteiger partial charge in [0.05, 0.1) is 41.3 Å². The Kier molecular flexibility index (Phi) is 8.71. The summed E-state index contributed by atoms with van der Waals surface area (Å²) in [6, 6.07) is 5.26. The fraction of sp³-hybridized carbons (Fsp3) is 0.536. The monoisotopic (exact) mass is 607 g/mol. The van der Waals surface area contributed by atoms with Gasteiger partial charge in [-0.05, 0) is 31.9 Å². The standard InChI is InChI=1S/C28H35BrClN3O5/c1-5-12-31(13-6-2)25(35)21-22-26(36)33(17(4)16-34)24(28(22)15-18(29)23(21)38-28)27(37)32(14-7-3)20-11-9-8-10-19(20)30/h5,7-11,17-18,21-24,34H,1,3,6,12-16H2,2,4H3/t17-,18?,21+,22+,23+,24?,28?/m1/s1. The molecule has 3 aliphatic rings. The van der Waals surface area contributed by atoms with Crippen molar-refractivity contribution >= 4 is 50.9 Å². The first-order chi connectivity index (χ1) is 18.2. The maximum absolute atomic E-state index is 14.5. The van der Waals surface area contributed by atoms with Crippen LogP contribution in [0.25, 0.3) is 0 Å². The summed E-state index contributed by atoms with van der Waals surface area (Å²) in [5.41, 5.74) is -0.748. The molecule has 10 heteroatoms. The average Bonchev–Trinajstić information content (AvgIpc) is 3.49. The summed E-state index contributed by atoms with van der Waals surface area (Å²) in [5.74, 6) is -2.53. The number of para-hydroxylation sites is 1. The molecule has 7 atom stereocenters. The van der Waals surface area contributed by atoms with E-state index < -0.39 is 35.6 Å². The summed E-state index contributed by atoms with van der Waals surface area (Å²) < 4.78 is 6.59. The summed E-state index contributed by atoms with van der Waals surface area (Å²) in [5, 5.41) is 10.5. The third-order valence-corrected chi connectivity index (χ3v) is 9.03. The van der Waals surface area contributed by atoms with E-state index in [9.17, 15) is 19.5 Å². The fourth-order valence-corrected chi connectivity index (χ4v) is 7.55. The summed E-state index contributed by atoms with van der Waals surface area (Å²) in [6.45, 7) is 12.0. The lowest BCUT2D eigenvalue weighted by molar-refractivity contribution is -0.147. The maximum atomic E-state index is 14.5. The lowest BCUT2D eigenvalue weighted by Crippen LogP contribution is -2.59. The molecule has 8 nitrogen and oxygen atoms in total. The van der Waals surface area contributed by atoms with Crippen LogP contribution in [0, 0.1) is 11.8 Å². The zero-order chi connectivity index (χ0) is 27.8. The molecular formula is C28H35BrClN3O5. The number of benzene rings is 1. The lowest BCUT2D eigenvalue weighted by Gasteiger charge is -2.38. The Morgan fingerprint density at radius 3 is 2.58 bits per heavy atom. The van der Waals surface area contributed by atoms with Crippen molar-refractivity contribution in [3.8, 4) is 0 Å². The number of aliphatic hydroxyl groups is 1. The molecule has 0 saturated carbocycles. The van der Waals surface area contributed by atoms with Crippen LogP contribution in [0.15, 0.2) is 49.6 Å². The second kappa shape index (κ2) is 11.5. The minimum atomic E-state index is -1.23. The highest BCUT2D eigenvalue weighted by Crippen LogP contribution is 2.61. The molecule has 3 heterocycles. The molecule has 0 aromatic heterocycles. The maximum Gasteiger partial charge on any atom is 0.253 e. The summed E-state index contributed by atoms with van der Waals surface area (Å²) >= 11 is 10.2. The number of ether oxygens (including phenoxy) is 1. The molecule has 0 aliphatic carbocycles. The van der Waals surface area contributed by atoms with Crippen LogP contribution in [0.5, 0.6) is 0 Å². The lowest BCUT2D eigenvalue weighted by atomic mass is 9.70. The van der Waals surface area contributed by atoms with E-state index in [0.29, 0.717) is 30.2 Å². The number of hydrogen-bond donors (Lipinski definition) is 1. The molecule has 2 bridgehead atoms. The molecule has 38 heavy (non-hydrogen) atoms. The highest BCUT2D eigenvalue weighted by molar-refractivity contribution is 9.09. The van der Waals surface area contributed by atoms with Gasteiger partial charge in [-0.1, -0.05) is 58.7 Å². The number of amides is 3. The van der Waals surface area contributed by atoms with Crippen molar-refractivity contribution in [1.82, 2.24) is 9.80 Å². The summed E-state index contributed by atoms with van der Waals surface area (Å²) in [7, 11) is 0. The smallest absolute Gasteiger partial charge is 0.253 e. The van der Waals surface area contributed by atoms with E-state index in [1.54, 1.807) is 48.2 Å². The van der Waals surface area contributed by atoms with Gasteiger partial charge in [0, 0.05) is 24.5 Å². The highest BCUT2D eigenvalue weighted by Gasteiger charge is 2.77. The number of aliphatic hydroxyl groups excluding tert-OH is 1. The van der Waals surface area contributed by atoms with Gasteiger partial charge in [-0.2, -0.15) is 0 Å². The molecule has 1 aromatic carbocycles. The summed E-state index contributed by atoms with van der Waals surface area (Å²) in [6.07, 6.45) is 3.83. The van der Waals surface area contributed by atoms with Gasteiger partial charge in [0.1, 0.15) is 11.6 Å². The Hall–Kier alpha value is -2.20. The molecule has 4 rings (SSSR count). The van der Waals surface area contributed by atoms with Crippen molar-refractivity contribution in [2.24, 2.45) is 11.8 Å². The van der Waals surface area contributed by atoms with Crippen molar-refractivity contribution < 1.29 is 24.2 Å². The highest BCUT2D eigenvalue weighted by atomic mass is 79.9. The zero-order valence-electron chi connectivity index (χ0n) is 21.8. The van der Waals surface area contributed by atoms with Crippen molar-refractivity contribution in [1.29, 1.82) is 0 Å². The largest absolute Gasteiger partial charge is 0.394 e. The number of carbonyl (C=O) groups is 3. The van der Waals surface area contributed by atoms with E-state index in [-0.39, 0.29) is 35.7 Å². The second-order valence-corrected chi connectivity index (χ2v) is 11.8. The first-order valence-electron chi connectivity index (χ1n) is 13.0. The third-order valence-electron chi connectivity index (χ3n) is 7.86. The predicted octanol–water partition coefficient (Wildman–Crippen LogP) is 3.41. The zero-order valence-corrected chi connectivity index (χ0v) is 24.1. The van der Waals surface area contributed by atoms with E-state index in [1.807, 2.05) is 6.92 Å². The molecule has 3 fully saturated rings. The Morgan fingerprint density at radius 2 is 1.97 bits per heavy atom. The van der Waals surface area contributed by atoms with Crippen molar-refractivity contribution in [2.75, 3.05) is 31.1 Å². The van der Waals surface area contributed by atoms with E-state index in [1.165, 1.54) is 9.80 Å². The molecule has 1 aromatic rings. The van der Waals surface area contributed by atoms with Crippen molar-refractivity contribution in [2.45, 2.75) is 55.3 Å². The topological polar surface area (TPSA) is 90.4 Å². The van der Waals surface area contributed by atoms with Crippen molar-refractivity contribution in [3.05, 3.63) is 54.6 Å². The normalized spacial score (nSPS) is 30.2. The van der Waals surface area contributed by atoms with Gasteiger partial charge < -0.3 is 24.5 Å². The van der Waals surface area contributed by atoms with Gasteiger partial charge in [-0.3, -0.25) is 14.4 Å². The molecular weight excluding hydrogens is 574 g/mol. The first kappa shape index (κ1) is 28.8. The molecule has 3 aliphatic heterocycles. The van der Waals surface area contributed by atoms with Crippen molar-refractivity contribution in [3.63, 3.8) is 0 Å². The third kappa shape index (κ3) is 4.51. The van der Waals surface area contributed by atoms with Gasteiger partial charge in [0.15, 0.2) is 0 Å². The van der Waals surface area contributed by atoms with Crippen LogP contribution in [0.3, 0.4) is 0 Å². The number of fused-ring (bicyclic) bond motifs is 1. The predicted molar refractivity (Wildman–Crippen MR) is 150 cm³/mol. The van der Waals surface area contributed by atoms with E-state index >= 15 is 0 Å². The van der Waals surface area contributed by atoms with Gasteiger partial charge in [0.2, 0.25) is 11.8 Å². The van der Waals surface area contributed by atoms with Crippen LogP contribution in [-0.4, -0.2) is 87.5 Å². The average molecular weight is 609 g/mol. The number of likely N-dealkylation sites (tertiary alicyclic amines) is 1. The van der Waals surface area contributed by atoms with Crippen LogP contribution in [0.1, 0.15) is 26.7 Å². The fourth-order valence-electron chi connectivity index (χ4n) is 6.37. The van der Waals surface area contributed by atoms with Crippen LogP contribution >= 0.6 is 27.5 Å². The summed E-state index contributed by atoms with van der Waals surface area (Å²) in [4.78, 5) is 46.9. The van der Waals surface area contributed by atoms with Gasteiger partial charge >= 0.3 is 0 Å². The number of anilines is 1. The molecule has 3 saturated heterocycles. The Bertz CT molecular complexity index is 1120. The minimum absolute atomic E-state index is 0.155. The first-order valence-corrected chi connectivity index (χ1v) is 14.3. The molecule has 3 unspecified atom stereocenters. The Morgan fingerprint density at radius 1 is 1.29 bits per heavy atom. The van der Waals surface area contributed by atoms with E-state index in [4.69, 9.17) is 16.3 Å². The van der Waals surface area contributed by atoms with Gasteiger partial charge in [-0.25, -0.2) is 0 Å². The number of halogens is 2. The Labute approximate surface area is 237 Å². The van der Waals surface area contributed by atoms with Crippen LogP contribution < -0.4 is 4.90 Å². The van der Waals surface area contributed by atoms with Crippen LogP contribution in [0.2, 0.25) is 5.02 Å². The molecule has 206 valence electrons. The SMILES string of the molecule is C=CCN(CCC)C(=O)[C@H]1[C@H]2C(=O)N([C@H](C)CO)C(C(=O)N(CC=C)c3ccccc3Cl)C23CC(Br)[C@@H]1O3. The molecule has 1 spiro atoms.